The Morgan fingerprint density at radius 2 is 2.33 bits per heavy atom. The van der Waals surface area contributed by atoms with Crippen LogP contribution in [-0.4, -0.2) is 59.5 Å². The van der Waals surface area contributed by atoms with Crippen LogP contribution in [0.4, 0.5) is 0 Å². The van der Waals surface area contributed by atoms with Gasteiger partial charge in [-0.15, -0.1) is 0 Å². The molecule has 0 spiro atoms. The highest BCUT2D eigenvalue weighted by Crippen LogP contribution is 2.19. The Labute approximate surface area is 89.6 Å². The number of esters is 1. The Balaban J connectivity index is 2.49. The van der Waals surface area contributed by atoms with Gasteiger partial charge in [-0.05, 0) is 13.3 Å². The van der Waals surface area contributed by atoms with Gasteiger partial charge in [-0.25, -0.2) is 0 Å². The second-order valence-corrected chi connectivity index (χ2v) is 4.06. The molecule has 1 heterocycles. The molecule has 1 saturated heterocycles. The number of likely N-dealkylation sites (tertiary alicyclic amines) is 1. The Bertz CT molecular complexity index is 219. The quantitative estimate of drug-likeness (QED) is 0.613. The predicted molar refractivity (Wildman–Crippen MR) is 54.3 cm³/mol. The van der Waals surface area contributed by atoms with Crippen molar-refractivity contribution in [2.75, 3.05) is 20.2 Å². The first kappa shape index (κ1) is 12.4. The molecule has 0 saturated carbocycles. The fraction of sp³-hybridized carbons (Fsp3) is 0.900. The highest BCUT2D eigenvalue weighted by molar-refractivity contribution is 5.76. The van der Waals surface area contributed by atoms with E-state index in [4.69, 9.17) is 5.11 Å². The van der Waals surface area contributed by atoms with Crippen molar-refractivity contribution in [3.8, 4) is 0 Å². The summed E-state index contributed by atoms with van der Waals surface area (Å²) in [4.78, 5) is 13.2. The Kier molecular flexibility index (Phi) is 4.50. The monoisotopic (exact) mass is 217 g/mol. The molecule has 88 valence electrons. The SMILES string of the molecule is COC(=O)C1CC(O)CN1CCC(C)O. The molecule has 0 amide bonds. The maximum atomic E-state index is 11.4. The Morgan fingerprint density at radius 1 is 1.67 bits per heavy atom. The van der Waals surface area contributed by atoms with Crippen molar-refractivity contribution in [3.05, 3.63) is 0 Å². The first-order chi connectivity index (χ1) is 7.04. The van der Waals surface area contributed by atoms with Crippen molar-refractivity contribution in [1.29, 1.82) is 0 Å². The molecule has 1 aliphatic rings. The molecule has 3 unspecified atom stereocenters. The first-order valence-corrected chi connectivity index (χ1v) is 5.22. The molecular weight excluding hydrogens is 198 g/mol. The minimum atomic E-state index is -0.469. The zero-order valence-corrected chi connectivity index (χ0v) is 9.22. The lowest BCUT2D eigenvalue weighted by molar-refractivity contribution is -0.146. The van der Waals surface area contributed by atoms with Crippen LogP contribution < -0.4 is 0 Å². The summed E-state index contributed by atoms with van der Waals surface area (Å²) >= 11 is 0. The lowest BCUT2D eigenvalue weighted by Crippen LogP contribution is -2.38. The Morgan fingerprint density at radius 3 is 2.87 bits per heavy atom. The van der Waals surface area contributed by atoms with Crippen molar-refractivity contribution >= 4 is 5.97 Å². The van der Waals surface area contributed by atoms with E-state index in [9.17, 15) is 9.90 Å². The van der Waals surface area contributed by atoms with Gasteiger partial charge in [0.2, 0.25) is 0 Å². The van der Waals surface area contributed by atoms with Crippen molar-refractivity contribution in [2.24, 2.45) is 0 Å². The summed E-state index contributed by atoms with van der Waals surface area (Å²) in [5, 5.41) is 18.6. The maximum Gasteiger partial charge on any atom is 0.323 e. The smallest absolute Gasteiger partial charge is 0.323 e. The van der Waals surface area contributed by atoms with Gasteiger partial charge in [0, 0.05) is 19.5 Å². The molecule has 0 aliphatic carbocycles. The van der Waals surface area contributed by atoms with E-state index in [0.717, 1.165) is 0 Å². The van der Waals surface area contributed by atoms with Gasteiger partial charge < -0.3 is 14.9 Å². The summed E-state index contributed by atoms with van der Waals surface area (Å²) in [7, 11) is 1.35. The van der Waals surface area contributed by atoms with E-state index in [1.165, 1.54) is 7.11 Å². The topological polar surface area (TPSA) is 70.0 Å². The number of methoxy groups -OCH3 is 1. The highest BCUT2D eigenvalue weighted by Gasteiger charge is 2.36. The van der Waals surface area contributed by atoms with E-state index in [1.807, 2.05) is 4.90 Å². The van der Waals surface area contributed by atoms with E-state index in [0.29, 0.717) is 25.9 Å². The average molecular weight is 217 g/mol. The molecule has 0 radical (unpaired) electrons. The normalized spacial score (nSPS) is 29.1. The minimum Gasteiger partial charge on any atom is -0.468 e. The van der Waals surface area contributed by atoms with Crippen molar-refractivity contribution < 1.29 is 19.7 Å². The number of β-amino-alcohol motifs (C(OH)–C–C–N with tert-alkyl or cyclic N) is 1. The molecule has 15 heavy (non-hydrogen) atoms. The zero-order valence-electron chi connectivity index (χ0n) is 9.22. The van der Waals surface area contributed by atoms with Gasteiger partial charge in [-0.1, -0.05) is 0 Å². The number of carbonyl (C=O) groups is 1. The average Bonchev–Trinajstić information content (AvgIpc) is 2.55. The summed E-state index contributed by atoms with van der Waals surface area (Å²) in [5.41, 5.74) is 0. The highest BCUT2D eigenvalue weighted by atomic mass is 16.5. The Hall–Kier alpha value is -0.650. The number of hydrogen-bond acceptors (Lipinski definition) is 5. The molecule has 1 fully saturated rings. The molecule has 2 N–H and O–H groups in total. The van der Waals surface area contributed by atoms with E-state index in [1.54, 1.807) is 6.92 Å². The third-order valence-corrected chi connectivity index (χ3v) is 2.69. The molecule has 0 aromatic heterocycles. The predicted octanol–water partition coefficient (Wildman–Crippen LogP) is -0.635. The van der Waals surface area contributed by atoms with E-state index < -0.39 is 6.10 Å². The van der Waals surface area contributed by atoms with E-state index in [2.05, 4.69) is 4.74 Å². The summed E-state index contributed by atoms with van der Waals surface area (Å²) in [6, 6.07) is -0.358. The van der Waals surface area contributed by atoms with Crippen LogP contribution in [0.15, 0.2) is 0 Å². The van der Waals surface area contributed by atoms with Gasteiger partial charge >= 0.3 is 5.97 Å². The van der Waals surface area contributed by atoms with Crippen LogP contribution in [0, 0.1) is 0 Å². The molecule has 1 aliphatic heterocycles. The number of rotatable bonds is 4. The summed E-state index contributed by atoms with van der Waals surface area (Å²) in [6.45, 7) is 2.79. The summed E-state index contributed by atoms with van der Waals surface area (Å²) in [5.74, 6) is -0.308. The van der Waals surface area contributed by atoms with Crippen LogP contribution in [0.5, 0.6) is 0 Å². The number of ether oxygens (including phenoxy) is 1. The molecular formula is C10H19NO4. The lowest BCUT2D eigenvalue weighted by Gasteiger charge is -2.22. The second kappa shape index (κ2) is 5.44. The van der Waals surface area contributed by atoms with Crippen LogP contribution in [0.2, 0.25) is 0 Å². The third-order valence-electron chi connectivity index (χ3n) is 2.69. The largest absolute Gasteiger partial charge is 0.468 e. The first-order valence-electron chi connectivity index (χ1n) is 5.22. The van der Waals surface area contributed by atoms with Crippen molar-refractivity contribution in [3.63, 3.8) is 0 Å². The van der Waals surface area contributed by atoms with Crippen LogP contribution in [-0.2, 0) is 9.53 Å². The van der Waals surface area contributed by atoms with Crippen molar-refractivity contribution in [2.45, 2.75) is 38.0 Å². The number of carbonyl (C=O) groups excluding carboxylic acids is 1. The van der Waals surface area contributed by atoms with Gasteiger partial charge in [0.25, 0.3) is 0 Å². The van der Waals surface area contributed by atoms with Crippen LogP contribution >= 0.6 is 0 Å². The number of aliphatic hydroxyl groups excluding tert-OH is 2. The standard InChI is InChI=1S/C10H19NO4/c1-7(12)3-4-11-6-8(13)5-9(11)10(14)15-2/h7-9,12-13H,3-6H2,1-2H3. The molecule has 5 nitrogen and oxygen atoms in total. The fourth-order valence-corrected chi connectivity index (χ4v) is 1.86. The van der Waals surface area contributed by atoms with Crippen LogP contribution in [0.25, 0.3) is 0 Å². The summed E-state index contributed by atoms with van der Waals surface area (Å²) < 4.78 is 4.67. The minimum absolute atomic E-state index is 0.308. The van der Waals surface area contributed by atoms with E-state index >= 15 is 0 Å². The van der Waals surface area contributed by atoms with Gasteiger partial charge in [0.1, 0.15) is 6.04 Å². The van der Waals surface area contributed by atoms with E-state index in [-0.39, 0.29) is 18.1 Å². The number of aliphatic hydroxyl groups is 2. The van der Waals surface area contributed by atoms with Gasteiger partial charge in [0.05, 0.1) is 19.3 Å². The summed E-state index contributed by atoms with van der Waals surface area (Å²) in [6.07, 6.45) is 0.163. The van der Waals surface area contributed by atoms with Gasteiger partial charge in [0.15, 0.2) is 0 Å². The van der Waals surface area contributed by atoms with Gasteiger partial charge in [-0.3, -0.25) is 9.69 Å². The molecule has 0 bridgehead atoms. The zero-order chi connectivity index (χ0) is 11.4. The third kappa shape index (κ3) is 3.44. The number of hydrogen-bond donors (Lipinski definition) is 2. The molecule has 0 aromatic rings. The molecule has 1 rings (SSSR count). The second-order valence-electron chi connectivity index (χ2n) is 4.06. The molecule has 5 heteroatoms. The van der Waals surface area contributed by atoms with Crippen LogP contribution in [0.3, 0.4) is 0 Å². The van der Waals surface area contributed by atoms with Crippen LogP contribution in [0.1, 0.15) is 19.8 Å². The van der Waals surface area contributed by atoms with Gasteiger partial charge in [-0.2, -0.15) is 0 Å². The molecule has 0 aromatic carbocycles. The maximum absolute atomic E-state index is 11.4. The van der Waals surface area contributed by atoms with Crippen molar-refractivity contribution in [1.82, 2.24) is 4.90 Å². The fourth-order valence-electron chi connectivity index (χ4n) is 1.86. The number of nitrogens with zero attached hydrogens (tertiary/aromatic N) is 1. The molecule has 3 atom stereocenters. The lowest BCUT2D eigenvalue weighted by atomic mass is 10.2.